The number of methoxy groups -OCH3 is 2. The number of nitrogens with zero attached hydrogens (tertiary/aromatic N) is 4. The minimum Gasteiger partial charge on any atom is -0.495 e. The van der Waals surface area contributed by atoms with E-state index in [0.29, 0.717) is 45.3 Å². The number of ether oxygens (including phenoxy) is 2. The van der Waals surface area contributed by atoms with E-state index >= 15 is 0 Å². The first kappa shape index (κ1) is 28.4. The van der Waals surface area contributed by atoms with Gasteiger partial charge in [0.2, 0.25) is 0 Å². The number of aromatic nitrogens is 4. The number of nitrogens with one attached hydrogen (secondary N) is 2. The van der Waals surface area contributed by atoms with Gasteiger partial charge in [0.15, 0.2) is 22.7 Å². The first-order valence-corrected chi connectivity index (χ1v) is 13.3. The number of carboxylic acid groups (broad SMARTS) is 1. The number of carbonyl (C=O) groups is 2. The summed E-state index contributed by atoms with van der Waals surface area (Å²) in [5.41, 5.74) is 9.43. The van der Waals surface area contributed by atoms with Gasteiger partial charge in [0, 0.05) is 17.9 Å². The van der Waals surface area contributed by atoms with Crippen LogP contribution >= 0.6 is 0 Å². The van der Waals surface area contributed by atoms with E-state index < -0.39 is 11.9 Å². The fourth-order valence-corrected chi connectivity index (χ4v) is 4.94. The Morgan fingerprint density at radius 1 is 1.10 bits per heavy atom. The molecule has 5 N–H and O–H groups in total. The Hall–Kier alpha value is -5.17. The number of carboxylic acids is 1. The van der Waals surface area contributed by atoms with E-state index in [1.54, 1.807) is 32.4 Å². The molecular weight excluding hydrogens is 542 g/mol. The number of fused-ring (bicyclic) bond motifs is 2. The molecule has 0 atom stereocenters. The zero-order chi connectivity index (χ0) is 29.8. The van der Waals surface area contributed by atoms with Gasteiger partial charge in [-0.2, -0.15) is 5.10 Å². The lowest BCUT2D eigenvalue weighted by molar-refractivity contribution is -0.134. The van der Waals surface area contributed by atoms with E-state index in [1.165, 1.54) is 6.33 Å². The van der Waals surface area contributed by atoms with Crippen molar-refractivity contribution in [2.75, 3.05) is 38.4 Å². The molecule has 0 unspecified atom stereocenters. The van der Waals surface area contributed by atoms with Crippen molar-refractivity contribution in [1.29, 1.82) is 0 Å². The second-order valence-electron chi connectivity index (χ2n) is 9.61. The second-order valence-corrected chi connectivity index (χ2v) is 9.61. The van der Waals surface area contributed by atoms with Crippen LogP contribution in [0.4, 0.5) is 11.5 Å². The maximum absolute atomic E-state index is 13.0. The molecule has 0 bridgehead atoms. The highest BCUT2D eigenvalue weighted by molar-refractivity contribution is 6.06. The van der Waals surface area contributed by atoms with Gasteiger partial charge in [0.1, 0.15) is 23.6 Å². The van der Waals surface area contributed by atoms with E-state index in [1.807, 2.05) is 28.9 Å². The molecule has 3 aromatic heterocycles. The van der Waals surface area contributed by atoms with Crippen LogP contribution in [0.1, 0.15) is 36.4 Å². The number of nitrogens with two attached hydrogens (primary N) is 1. The lowest BCUT2D eigenvalue weighted by Gasteiger charge is -2.23. The Morgan fingerprint density at radius 2 is 1.83 bits per heavy atom. The van der Waals surface area contributed by atoms with Gasteiger partial charge in [-0.3, -0.25) is 9.59 Å². The minimum atomic E-state index is -0.833. The molecule has 1 aliphatic heterocycles. The SMILES string of the molecule is CC(=O)O.COc1cc(-c2nn(C3CCNCC3)c3ncnc(N)c23)ccc1NC(=O)c1cc2cccc(OC)c2o1. The summed E-state index contributed by atoms with van der Waals surface area (Å²) in [4.78, 5) is 30.8. The summed E-state index contributed by atoms with van der Waals surface area (Å²) < 4.78 is 18.7. The first-order chi connectivity index (χ1) is 20.3. The number of aliphatic carboxylic acids is 1. The van der Waals surface area contributed by atoms with E-state index in [0.717, 1.165) is 43.8 Å². The van der Waals surface area contributed by atoms with Crippen LogP contribution in [0.5, 0.6) is 11.5 Å². The van der Waals surface area contributed by atoms with Gasteiger partial charge in [-0.1, -0.05) is 18.2 Å². The molecule has 0 radical (unpaired) electrons. The van der Waals surface area contributed by atoms with E-state index in [-0.39, 0.29) is 11.8 Å². The Labute approximate surface area is 240 Å². The highest BCUT2D eigenvalue weighted by Crippen LogP contribution is 2.37. The molecule has 1 fully saturated rings. The van der Waals surface area contributed by atoms with Crippen LogP contribution < -0.4 is 25.8 Å². The Morgan fingerprint density at radius 3 is 2.55 bits per heavy atom. The Bertz CT molecular complexity index is 1750. The number of hydrogen-bond donors (Lipinski definition) is 4. The van der Waals surface area contributed by atoms with Crippen molar-refractivity contribution >= 4 is 45.4 Å². The van der Waals surface area contributed by atoms with E-state index in [2.05, 4.69) is 20.6 Å². The summed E-state index contributed by atoms with van der Waals surface area (Å²) in [6.45, 7) is 2.92. The van der Waals surface area contributed by atoms with Gasteiger partial charge in [-0.15, -0.1) is 0 Å². The van der Waals surface area contributed by atoms with Gasteiger partial charge in [0.05, 0.1) is 31.3 Å². The van der Waals surface area contributed by atoms with Crippen LogP contribution in [0.25, 0.3) is 33.3 Å². The summed E-state index contributed by atoms with van der Waals surface area (Å²) in [7, 11) is 3.10. The molecule has 42 heavy (non-hydrogen) atoms. The average Bonchev–Trinajstić information content (AvgIpc) is 3.61. The topological polar surface area (TPSA) is 180 Å². The first-order valence-electron chi connectivity index (χ1n) is 13.3. The van der Waals surface area contributed by atoms with Crippen molar-refractivity contribution in [1.82, 2.24) is 25.1 Å². The average molecular weight is 574 g/mol. The van der Waals surface area contributed by atoms with Crippen molar-refractivity contribution in [3.8, 4) is 22.8 Å². The number of amides is 1. The highest BCUT2D eigenvalue weighted by atomic mass is 16.5. The third kappa shape index (κ3) is 5.67. The summed E-state index contributed by atoms with van der Waals surface area (Å²) in [6, 6.07) is 12.8. The van der Waals surface area contributed by atoms with Gasteiger partial charge in [-0.05, 0) is 50.2 Å². The number of benzene rings is 2. The molecule has 1 amide bonds. The molecule has 1 aliphatic rings. The summed E-state index contributed by atoms with van der Waals surface area (Å²) in [5.74, 6) is 0.300. The summed E-state index contributed by atoms with van der Waals surface area (Å²) >= 11 is 0. The fraction of sp³-hybridized carbons (Fsp3) is 0.276. The van der Waals surface area contributed by atoms with Crippen LogP contribution in [-0.4, -0.2) is 64.0 Å². The molecule has 6 rings (SSSR count). The maximum Gasteiger partial charge on any atom is 0.300 e. The standard InChI is InChI=1S/C27H27N7O4.C2H4O2/c1-36-19-5-3-4-16-13-21(38-24(16)19)27(35)32-18-7-6-15(12-20(18)37-2)23-22-25(28)30-14-31-26(22)34(33-23)17-8-10-29-11-9-17;1-2(3)4/h3-7,12-14,17,29H,8-11H2,1-2H3,(H,32,35)(H2,28,30,31);1H3,(H,3,4). The van der Waals surface area contributed by atoms with Crippen molar-refractivity contribution in [3.05, 3.63) is 54.6 Å². The molecule has 0 spiro atoms. The molecule has 0 aliphatic carbocycles. The predicted octanol–water partition coefficient (Wildman–Crippen LogP) is 4.11. The molecule has 13 heteroatoms. The minimum absolute atomic E-state index is 0.160. The fourth-order valence-electron chi connectivity index (χ4n) is 4.94. The van der Waals surface area contributed by atoms with Crippen LogP contribution in [0.15, 0.2) is 53.2 Å². The summed E-state index contributed by atoms with van der Waals surface area (Å²) in [5, 5.41) is 20.1. The lowest BCUT2D eigenvalue weighted by atomic mass is 10.1. The predicted molar refractivity (Wildman–Crippen MR) is 157 cm³/mol. The van der Waals surface area contributed by atoms with Crippen molar-refractivity contribution < 1.29 is 28.6 Å². The van der Waals surface area contributed by atoms with Crippen molar-refractivity contribution in [2.45, 2.75) is 25.8 Å². The van der Waals surface area contributed by atoms with Crippen molar-refractivity contribution in [2.24, 2.45) is 0 Å². The monoisotopic (exact) mass is 573 g/mol. The normalized spacial score (nSPS) is 13.4. The van der Waals surface area contributed by atoms with Crippen LogP contribution in [0, 0.1) is 0 Å². The van der Waals surface area contributed by atoms with Crippen LogP contribution in [0.3, 0.4) is 0 Å². The zero-order valence-corrected chi connectivity index (χ0v) is 23.4. The third-order valence-electron chi connectivity index (χ3n) is 6.85. The maximum atomic E-state index is 13.0. The van der Waals surface area contributed by atoms with Gasteiger partial charge in [-0.25, -0.2) is 14.6 Å². The number of nitrogen functional groups attached to an aromatic ring is 1. The molecule has 218 valence electrons. The number of carbonyl (C=O) groups excluding carboxylic acids is 1. The number of piperidine rings is 1. The zero-order valence-electron chi connectivity index (χ0n) is 23.4. The van der Waals surface area contributed by atoms with Gasteiger partial charge < -0.3 is 35.4 Å². The molecule has 0 saturated carbocycles. The van der Waals surface area contributed by atoms with E-state index in [4.69, 9.17) is 34.6 Å². The third-order valence-corrected chi connectivity index (χ3v) is 6.85. The van der Waals surface area contributed by atoms with Crippen LogP contribution in [-0.2, 0) is 4.79 Å². The Balaban J connectivity index is 0.000000830. The number of furan rings is 1. The molecule has 1 saturated heterocycles. The van der Waals surface area contributed by atoms with Crippen molar-refractivity contribution in [3.63, 3.8) is 0 Å². The second kappa shape index (κ2) is 12.1. The molecule has 4 heterocycles. The van der Waals surface area contributed by atoms with E-state index in [9.17, 15) is 4.79 Å². The number of rotatable bonds is 6. The smallest absolute Gasteiger partial charge is 0.300 e. The highest BCUT2D eigenvalue weighted by Gasteiger charge is 2.24. The molecule has 13 nitrogen and oxygen atoms in total. The number of hydrogen-bond acceptors (Lipinski definition) is 10. The molecular formula is C29H31N7O6. The molecule has 5 aromatic rings. The Kier molecular flexibility index (Phi) is 8.20. The van der Waals surface area contributed by atoms with Gasteiger partial charge in [0.25, 0.3) is 11.9 Å². The largest absolute Gasteiger partial charge is 0.495 e. The number of para-hydroxylation sites is 1. The van der Waals surface area contributed by atoms with Gasteiger partial charge >= 0.3 is 0 Å². The summed E-state index contributed by atoms with van der Waals surface area (Å²) in [6.07, 6.45) is 3.36. The number of anilines is 2. The van der Waals surface area contributed by atoms with Crippen LogP contribution in [0.2, 0.25) is 0 Å². The quantitative estimate of drug-likeness (QED) is 0.230. The molecule has 2 aromatic carbocycles. The lowest BCUT2D eigenvalue weighted by Crippen LogP contribution is -2.30.